The van der Waals surface area contributed by atoms with Crippen LogP contribution in [0.15, 0.2) is 51.5 Å². The van der Waals surface area contributed by atoms with Gasteiger partial charge in [-0.05, 0) is 40.2 Å². The van der Waals surface area contributed by atoms with Gasteiger partial charge in [-0.2, -0.15) is 0 Å². The summed E-state index contributed by atoms with van der Waals surface area (Å²) in [5.41, 5.74) is 2.95. The highest BCUT2D eigenvalue weighted by molar-refractivity contribution is 9.11. The number of rotatable bonds is 0. The lowest BCUT2D eigenvalue weighted by Gasteiger charge is -2.03. The summed E-state index contributed by atoms with van der Waals surface area (Å²) in [5, 5.41) is 1.07. The molecule has 4 rings (SSSR count). The summed E-state index contributed by atoms with van der Waals surface area (Å²) in [6, 6.07) is 12.1. The Labute approximate surface area is 125 Å². The number of hydrogen-bond acceptors (Lipinski definition) is 2. The van der Waals surface area contributed by atoms with Gasteiger partial charge in [0.1, 0.15) is 0 Å². The third-order valence-electron chi connectivity index (χ3n) is 3.11. The second-order valence-corrected chi connectivity index (χ2v) is 6.11. The van der Waals surface area contributed by atoms with Crippen molar-refractivity contribution in [3.05, 3.63) is 51.5 Å². The third kappa shape index (κ3) is 1.69. The Bertz CT molecular complexity index is 944. The van der Waals surface area contributed by atoms with E-state index in [-0.39, 0.29) is 0 Å². The highest BCUT2D eigenvalue weighted by atomic mass is 79.9. The summed E-state index contributed by atoms with van der Waals surface area (Å²) in [6.07, 6.45) is 2.07. The molecule has 0 aliphatic heterocycles. The SMILES string of the molecule is Brc1cc(Br)c2nc3nc4ccccc4n3cc2c1. The molecule has 0 spiro atoms. The molecule has 2 aromatic heterocycles. The second-order valence-electron chi connectivity index (χ2n) is 4.34. The number of aromatic nitrogens is 3. The number of benzene rings is 2. The highest BCUT2D eigenvalue weighted by Crippen LogP contribution is 2.28. The Kier molecular flexibility index (Phi) is 2.40. The van der Waals surface area contributed by atoms with Crippen molar-refractivity contribution in [1.82, 2.24) is 14.4 Å². The maximum atomic E-state index is 4.64. The van der Waals surface area contributed by atoms with Gasteiger partial charge in [0.25, 0.3) is 0 Å². The van der Waals surface area contributed by atoms with E-state index in [1.807, 2.05) is 28.7 Å². The number of hydrogen-bond donors (Lipinski definition) is 0. The predicted octanol–water partition coefficient (Wildman–Crippen LogP) is 4.56. The van der Waals surface area contributed by atoms with Crippen LogP contribution in [0.3, 0.4) is 0 Å². The van der Waals surface area contributed by atoms with Crippen molar-refractivity contribution < 1.29 is 0 Å². The summed E-state index contributed by atoms with van der Waals surface area (Å²) in [6.45, 7) is 0. The van der Waals surface area contributed by atoms with E-state index >= 15 is 0 Å². The summed E-state index contributed by atoms with van der Waals surface area (Å²) < 4.78 is 4.01. The van der Waals surface area contributed by atoms with Crippen molar-refractivity contribution in [2.45, 2.75) is 0 Å². The van der Waals surface area contributed by atoms with E-state index in [4.69, 9.17) is 0 Å². The fourth-order valence-corrected chi connectivity index (χ4v) is 3.63. The second kappa shape index (κ2) is 4.02. The molecule has 0 aliphatic rings. The Morgan fingerprint density at radius 2 is 1.84 bits per heavy atom. The minimum Gasteiger partial charge on any atom is -0.283 e. The Hall–Kier alpha value is -1.46. The molecule has 5 heteroatoms. The molecule has 0 N–H and O–H groups in total. The Morgan fingerprint density at radius 1 is 1.00 bits per heavy atom. The molecule has 0 saturated carbocycles. The van der Waals surface area contributed by atoms with Crippen molar-refractivity contribution in [3.63, 3.8) is 0 Å². The van der Waals surface area contributed by atoms with E-state index in [9.17, 15) is 0 Å². The number of para-hydroxylation sites is 2. The van der Waals surface area contributed by atoms with E-state index in [0.29, 0.717) is 0 Å². The Morgan fingerprint density at radius 3 is 2.74 bits per heavy atom. The lowest BCUT2D eigenvalue weighted by Crippen LogP contribution is -1.90. The van der Waals surface area contributed by atoms with Crippen LogP contribution >= 0.6 is 31.9 Å². The largest absolute Gasteiger partial charge is 0.283 e. The van der Waals surface area contributed by atoms with Crippen LogP contribution in [0.1, 0.15) is 0 Å². The number of halogens is 2. The van der Waals surface area contributed by atoms with Gasteiger partial charge in [0.15, 0.2) is 0 Å². The average molecular weight is 377 g/mol. The minimum atomic E-state index is 0.719. The summed E-state index contributed by atoms with van der Waals surface area (Å²) in [4.78, 5) is 9.19. The summed E-state index contributed by atoms with van der Waals surface area (Å²) >= 11 is 7.05. The number of imidazole rings is 1. The maximum absolute atomic E-state index is 4.64. The van der Waals surface area contributed by atoms with Crippen LogP contribution in [0.2, 0.25) is 0 Å². The number of fused-ring (bicyclic) bond motifs is 4. The molecule has 2 heterocycles. The molecule has 4 aromatic rings. The van der Waals surface area contributed by atoms with Gasteiger partial charge in [-0.1, -0.05) is 28.1 Å². The van der Waals surface area contributed by atoms with Crippen molar-refractivity contribution in [2.24, 2.45) is 0 Å². The van der Waals surface area contributed by atoms with Gasteiger partial charge in [0, 0.05) is 20.5 Å². The van der Waals surface area contributed by atoms with Crippen LogP contribution in [-0.2, 0) is 0 Å². The zero-order valence-electron chi connectivity index (χ0n) is 9.64. The molecule has 92 valence electrons. The van der Waals surface area contributed by atoms with Gasteiger partial charge in [-0.3, -0.25) is 4.40 Å². The first kappa shape index (κ1) is 11.4. The predicted molar refractivity (Wildman–Crippen MR) is 83.4 cm³/mol. The van der Waals surface area contributed by atoms with E-state index in [1.165, 1.54) is 0 Å². The molecule has 0 fully saturated rings. The first-order valence-electron chi connectivity index (χ1n) is 5.75. The molecular formula is C14H7Br2N3. The fourth-order valence-electron chi connectivity index (χ4n) is 2.28. The molecule has 0 bridgehead atoms. The quantitative estimate of drug-likeness (QED) is 0.450. The van der Waals surface area contributed by atoms with Gasteiger partial charge in [0.2, 0.25) is 5.78 Å². The molecule has 19 heavy (non-hydrogen) atoms. The first-order chi connectivity index (χ1) is 9.22. The van der Waals surface area contributed by atoms with Crippen molar-refractivity contribution in [3.8, 4) is 0 Å². The van der Waals surface area contributed by atoms with Gasteiger partial charge >= 0.3 is 0 Å². The van der Waals surface area contributed by atoms with Gasteiger partial charge in [-0.25, -0.2) is 9.97 Å². The summed E-state index contributed by atoms with van der Waals surface area (Å²) in [5.74, 6) is 0.719. The van der Waals surface area contributed by atoms with Crippen molar-refractivity contribution >= 4 is 59.6 Å². The maximum Gasteiger partial charge on any atom is 0.235 e. The number of nitrogens with zero attached hydrogens (tertiary/aromatic N) is 3. The molecule has 2 aromatic carbocycles. The molecule has 3 nitrogen and oxygen atoms in total. The minimum absolute atomic E-state index is 0.719. The normalized spacial score (nSPS) is 11.7. The average Bonchev–Trinajstić information content (AvgIpc) is 2.74. The van der Waals surface area contributed by atoms with Crippen LogP contribution in [0, 0.1) is 0 Å². The third-order valence-corrected chi connectivity index (χ3v) is 4.18. The molecule has 0 amide bonds. The van der Waals surface area contributed by atoms with Gasteiger partial charge < -0.3 is 0 Å². The van der Waals surface area contributed by atoms with Crippen LogP contribution in [0.25, 0.3) is 27.7 Å². The first-order valence-corrected chi connectivity index (χ1v) is 7.33. The molecular weight excluding hydrogens is 370 g/mol. The van der Waals surface area contributed by atoms with Crippen LogP contribution in [0.5, 0.6) is 0 Å². The van der Waals surface area contributed by atoms with Gasteiger partial charge in [-0.15, -0.1) is 0 Å². The lowest BCUT2D eigenvalue weighted by molar-refractivity contribution is 1.17. The fraction of sp³-hybridized carbons (Fsp3) is 0. The standard InChI is InChI=1S/C14H7Br2N3/c15-9-5-8-7-19-12-4-2-1-3-11(12)17-14(19)18-13(8)10(16)6-9/h1-7H. The van der Waals surface area contributed by atoms with Crippen molar-refractivity contribution in [1.29, 1.82) is 0 Å². The van der Waals surface area contributed by atoms with E-state index in [0.717, 1.165) is 36.7 Å². The zero-order valence-corrected chi connectivity index (χ0v) is 12.8. The lowest BCUT2D eigenvalue weighted by atomic mass is 10.2. The zero-order chi connectivity index (χ0) is 13.0. The summed E-state index contributed by atoms with van der Waals surface area (Å²) in [7, 11) is 0. The molecule has 0 unspecified atom stereocenters. The van der Waals surface area contributed by atoms with Crippen LogP contribution in [0.4, 0.5) is 0 Å². The van der Waals surface area contributed by atoms with E-state index in [1.54, 1.807) is 0 Å². The molecule has 0 saturated heterocycles. The topological polar surface area (TPSA) is 30.2 Å². The van der Waals surface area contributed by atoms with Crippen LogP contribution in [-0.4, -0.2) is 14.4 Å². The molecule has 0 aliphatic carbocycles. The highest BCUT2D eigenvalue weighted by Gasteiger charge is 2.09. The molecule has 0 radical (unpaired) electrons. The van der Waals surface area contributed by atoms with E-state index in [2.05, 4.69) is 60.2 Å². The monoisotopic (exact) mass is 375 g/mol. The smallest absolute Gasteiger partial charge is 0.235 e. The van der Waals surface area contributed by atoms with Crippen molar-refractivity contribution in [2.75, 3.05) is 0 Å². The Balaban J connectivity index is 2.25. The van der Waals surface area contributed by atoms with Crippen LogP contribution < -0.4 is 0 Å². The van der Waals surface area contributed by atoms with E-state index < -0.39 is 0 Å². The van der Waals surface area contributed by atoms with Gasteiger partial charge in [0.05, 0.1) is 16.6 Å². The molecule has 0 atom stereocenters.